The smallest absolute Gasteiger partial charge is 0.253 e. The van der Waals surface area contributed by atoms with Crippen LogP contribution < -0.4 is 10.5 Å². The van der Waals surface area contributed by atoms with E-state index in [9.17, 15) is 13.2 Å². The van der Waals surface area contributed by atoms with Gasteiger partial charge in [-0.05, 0) is 38.2 Å². The zero-order chi connectivity index (χ0) is 14.6. The van der Waals surface area contributed by atoms with Crippen molar-refractivity contribution in [1.29, 1.82) is 0 Å². The summed E-state index contributed by atoms with van der Waals surface area (Å²) in [5.41, 5.74) is 5.94. The molecule has 1 rings (SSSR count). The molecule has 1 aromatic rings. The van der Waals surface area contributed by atoms with Crippen LogP contribution in [0.25, 0.3) is 0 Å². The van der Waals surface area contributed by atoms with Crippen molar-refractivity contribution < 1.29 is 13.2 Å². The first-order valence-corrected chi connectivity index (χ1v) is 7.32. The molecule has 1 unspecified atom stereocenters. The van der Waals surface area contributed by atoms with Crippen molar-refractivity contribution in [1.82, 2.24) is 9.62 Å². The average molecular weight is 285 g/mol. The molecule has 0 spiro atoms. The van der Waals surface area contributed by atoms with Gasteiger partial charge in [-0.25, -0.2) is 13.1 Å². The number of carbonyl (C=O) groups is 1. The third-order valence-electron chi connectivity index (χ3n) is 3.00. The first-order valence-electron chi connectivity index (χ1n) is 5.84. The van der Waals surface area contributed by atoms with Gasteiger partial charge in [-0.15, -0.1) is 0 Å². The predicted octanol–water partition coefficient (Wildman–Crippen LogP) is 0.0139. The lowest BCUT2D eigenvalue weighted by Crippen LogP contribution is -2.39. The zero-order valence-corrected chi connectivity index (χ0v) is 12.1. The SMILES string of the molecule is CNS(=O)(=O)c1ccc(C(=O)N(C)C(C)CN)cc1. The number of hydrogen-bond acceptors (Lipinski definition) is 4. The molecular weight excluding hydrogens is 266 g/mol. The van der Waals surface area contributed by atoms with Crippen molar-refractivity contribution in [3.8, 4) is 0 Å². The molecule has 1 aromatic carbocycles. The predicted molar refractivity (Wildman–Crippen MR) is 73.3 cm³/mol. The first-order chi connectivity index (χ1) is 8.83. The molecule has 0 saturated carbocycles. The summed E-state index contributed by atoms with van der Waals surface area (Å²) < 4.78 is 25.3. The van der Waals surface area contributed by atoms with Crippen molar-refractivity contribution in [3.63, 3.8) is 0 Å². The summed E-state index contributed by atoms with van der Waals surface area (Å²) in [7, 11) is -0.474. The molecule has 19 heavy (non-hydrogen) atoms. The number of amides is 1. The number of rotatable bonds is 5. The summed E-state index contributed by atoms with van der Waals surface area (Å²) in [6.45, 7) is 2.21. The first kappa shape index (κ1) is 15.6. The van der Waals surface area contributed by atoms with E-state index in [1.54, 1.807) is 7.05 Å². The van der Waals surface area contributed by atoms with Crippen molar-refractivity contribution in [2.75, 3.05) is 20.6 Å². The molecule has 0 saturated heterocycles. The summed E-state index contributed by atoms with van der Waals surface area (Å²) in [5.74, 6) is -0.189. The summed E-state index contributed by atoms with van der Waals surface area (Å²) in [5, 5.41) is 0. The maximum atomic E-state index is 12.1. The van der Waals surface area contributed by atoms with Gasteiger partial charge >= 0.3 is 0 Å². The van der Waals surface area contributed by atoms with E-state index < -0.39 is 10.0 Å². The van der Waals surface area contributed by atoms with Crippen molar-refractivity contribution >= 4 is 15.9 Å². The van der Waals surface area contributed by atoms with E-state index in [-0.39, 0.29) is 16.8 Å². The normalized spacial score (nSPS) is 13.1. The fourth-order valence-electron chi connectivity index (χ4n) is 1.46. The van der Waals surface area contributed by atoms with E-state index >= 15 is 0 Å². The Morgan fingerprint density at radius 3 is 2.32 bits per heavy atom. The van der Waals surface area contributed by atoms with E-state index in [2.05, 4.69) is 4.72 Å². The monoisotopic (exact) mass is 285 g/mol. The molecule has 6 nitrogen and oxygen atoms in total. The zero-order valence-electron chi connectivity index (χ0n) is 11.3. The molecule has 1 atom stereocenters. The number of likely N-dealkylation sites (N-methyl/N-ethyl adjacent to an activating group) is 1. The molecule has 0 aliphatic heterocycles. The number of nitrogens with two attached hydrogens (primary N) is 1. The molecule has 0 radical (unpaired) electrons. The molecule has 7 heteroatoms. The second kappa shape index (κ2) is 6.14. The van der Waals surface area contributed by atoms with Gasteiger partial charge in [0.05, 0.1) is 4.90 Å². The van der Waals surface area contributed by atoms with Crippen LogP contribution in [-0.2, 0) is 10.0 Å². The molecule has 106 valence electrons. The van der Waals surface area contributed by atoms with Crippen LogP contribution in [-0.4, -0.2) is 45.9 Å². The van der Waals surface area contributed by atoms with Crippen LogP contribution in [0.4, 0.5) is 0 Å². The molecule has 0 fully saturated rings. The van der Waals surface area contributed by atoms with Gasteiger partial charge in [-0.1, -0.05) is 0 Å². The van der Waals surface area contributed by atoms with Gasteiger partial charge in [0.15, 0.2) is 0 Å². The lowest BCUT2D eigenvalue weighted by molar-refractivity contribution is 0.0748. The Kier molecular flexibility index (Phi) is 5.04. The minimum Gasteiger partial charge on any atom is -0.338 e. The highest BCUT2D eigenvalue weighted by atomic mass is 32.2. The maximum Gasteiger partial charge on any atom is 0.253 e. The Hall–Kier alpha value is -1.44. The van der Waals surface area contributed by atoms with Gasteiger partial charge in [0, 0.05) is 25.2 Å². The molecule has 0 aliphatic carbocycles. The van der Waals surface area contributed by atoms with E-state index in [4.69, 9.17) is 5.73 Å². The summed E-state index contributed by atoms with van der Waals surface area (Å²) >= 11 is 0. The molecule has 0 aliphatic rings. The Bertz CT molecular complexity index is 540. The van der Waals surface area contributed by atoms with Gasteiger partial charge in [0.25, 0.3) is 5.91 Å². The summed E-state index contributed by atoms with van der Waals surface area (Å²) in [4.78, 5) is 13.7. The van der Waals surface area contributed by atoms with Crippen molar-refractivity contribution in [2.24, 2.45) is 5.73 Å². The standard InChI is InChI=1S/C12H19N3O3S/c1-9(8-13)15(3)12(16)10-4-6-11(7-5-10)19(17,18)14-2/h4-7,9,14H,8,13H2,1-3H3. The highest BCUT2D eigenvalue weighted by Gasteiger charge is 2.17. The van der Waals surface area contributed by atoms with Crippen molar-refractivity contribution in [2.45, 2.75) is 17.9 Å². The lowest BCUT2D eigenvalue weighted by atomic mass is 10.2. The minimum atomic E-state index is -3.48. The molecular formula is C12H19N3O3S. The van der Waals surface area contributed by atoms with Crippen LogP contribution >= 0.6 is 0 Å². The van der Waals surface area contributed by atoms with E-state index in [0.29, 0.717) is 12.1 Å². The van der Waals surface area contributed by atoms with Gasteiger partial charge in [0.1, 0.15) is 0 Å². The summed E-state index contributed by atoms with van der Waals surface area (Å²) in [6, 6.07) is 5.71. The number of hydrogen-bond donors (Lipinski definition) is 2. The quantitative estimate of drug-likeness (QED) is 0.797. The van der Waals surface area contributed by atoms with E-state index in [1.165, 1.54) is 36.2 Å². The third kappa shape index (κ3) is 3.52. The Balaban J connectivity index is 2.97. The van der Waals surface area contributed by atoms with Gasteiger partial charge in [-0.3, -0.25) is 4.79 Å². The van der Waals surface area contributed by atoms with Gasteiger partial charge in [0.2, 0.25) is 10.0 Å². The fraction of sp³-hybridized carbons (Fsp3) is 0.417. The average Bonchev–Trinajstić information content (AvgIpc) is 2.44. The number of nitrogens with one attached hydrogen (secondary N) is 1. The Labute approximate surface area is 113 Å². The van der Waals surface area contributed by atoms with Crippen LogP contribution in [0.2, 0.25) is 0 Å². The maximum absolute atomic E-state index is 12.1. The van der Waals surface area contributed by atoms with Crippen LogP contribution in [0.15, 0.2) is 29.2 Å². The Morgan fingerprint density at radius 2 is 1.89 bits per heavy atom. The third-order valence-corrected chi connectivity index (χ3v) is 4.43. The van der Waals surface area contributed by atoms with Gasteiger partial charge in [-0.2, -0.15) is 0 Å². The highest BCUT2D eigenvalue weighted by Crippen LogP contribution is 2.12. The fourth-order valence-corrected chi connectivity index (χ4v) is 2.19. The molecule has 3 N–H and O–H groups in total. The topological polar surface area (TPSA) is 92.5 Å². The second-order valence-electron chi connectivity index (χ2n) is 4.23. The number of nitrogens with zero attached hydrogens (tertiary/aromatic N) is 1. The lowest BCUT2D eigenvalue weighted by Gasteiger charge is -2.23. The van der Waals surface area contributed by atoms with E-state index in [1.807, 2.05) is 6.92 Å². The number of carbonyl (C=O) groups excluding carboxylic acids is 1. The molecule has 1 amide bonds. The molecule has 0 bridgehead atoms. The largest absolute Gasteiger partial charge is 0.338 e. The Morgan fingerprint density at radius 1 is 1.37 bits per heavy atom. The van der Waals surface area contributed by atoms with Crippen molar-refractivity contribution in [3.05, 3.63) is 29.8 Å². The minimum absolute atomic E-state index is 0.0757. The van der Waals surface area contributed by atoms with Crippen LogP contribution in [0.5, 0.6) is 0 Å². The molecule has 0 heterocycles. The van der Waals surface area contributed by atoms with Gasteiger partial charge < -0.3 is 10.6 Å². The highest BCUT2D eigenvalue weighted by molar-refractivity contribution is 7.89. The second-order valence-corrected chi connectivity index (χ2v) is 6.12. The number of benzene rings is 1. The van der Waals surface area contributed by atoms with Crippen LogP contribution in [0, 0.1) is 0 Å². The molecule has 0 aromatic heterocycles. The van der Waals surface area contributed by atoms with E-state index in [0.717, 1.165) is 0 Å². The van der Waals surface area contributed by atoms with Crippen LogP contribution in [0.1, 0.15) is 17.3 Å². The van der Waals surface area contributed by atoms with Crippen LogP contribution in [0.3, 0.4) is 0 Å². The number of sulfonamides is 1. The summed E-state index contributed by atoms with van der Waals surface area (Å²) in [6.07, 6.45) is 0.